The molecule has 1 unspecified atom stereocenters. The van der Waals surface area contributed by atoms with E-state index in [1.54, 1.807) is 12.5 Å². The Morgan fingerprint density at radius 3 is 2.95 bits per heavy atom. The molecular formula is C11H14N6O3. The Bertz CT molecular complexity index is 586. The van der Waals surface area contributed by atoms with Gasteiger partial charge in [-0.05, 0) is 6.92 Å². The van der Waals surface area contributed by atoms with Crippen LogP contribution in [-0.4, -0.2) is 37.6 Å². The molecule has 2 aromatic heterocycles. The van der Waals surface area contributed by atoms with Gasteiger partial charge in [-0.1, -0.05) is 0 Å². The molecule has 0 fully saturated rings. The molecule has 0 saturated heterocycles. The summed E-state index contributed by atoms with van der Waals surface area (Å²) in [5.74, 6) is 0.0665. The maximum atomic E-state index is 11.1. The van der Waals surface area contributed by atoms with E-state index in [-0.39, 0.29) is 23.4 Å². The van der Waals surface area contributed by atoms with Crippen LogP contribution >= 0.6 is 0 Å². The van der Waals surface area contributed by atoms with E-state index in [0.29, 0.717) is 6.54 Å². The van der Waals surface area contributed by atoms with Gasteiger partial charge < -0.3 is 14.6 Å². The van der Waals surface area contributed by atoms with E-state index in [4.69, 9.17) is 4.74 Å². The van der Waals surface area contributed by atoms with E-state index in [1.807, 2.05) is 17.7 Å². The number of anilines is 1. The lowest BCUT2D eigenvalue weighted by Gasteiger charge is -2.15. The first-order chi connectivity index (χ1) is 9.61. The summed E-state index contributed by atoms with van der Waals surface area (Å²) in [6.07, 6.45) is 6.38. The van der Waals surface area contributed by atoms with Crippen molar-refractivity contribution in [1.82, 2.24) is 19.5 Å². The minimum Gasteiger partial charge on any atom is -0.476 e. The lowest BCUT2D eigenvalue weighted by Crippen LogP contribution is -2.22. The molecule has 20 heavy (non-hydrogen) atoms. The van der Waals surface area contributed by atoms with E-state index in [9.17, 15) is 10.1 Å². The fourth-order valence-electron chi connectivity index (χ4n) is 1.77. The van der Waals surface area contributed by atoms with Gasteiger partial charge in [-0.3, -0.25) is 10.1 Å². The Labute approximate surface area is 114 Å². The molecule has 0 aliphatic rings. The van der Waals surface area contributed by atoms with Crippen molar-refractivity contribution < 1.29 is 9.66 Å². The molecule has 0 bridgehead atoms. The molecule has 2 rings (SSSR count). The third-order valence-corrected chi connectivity index (χ3v) is 2.59. The van der Waals surface area contributed by atoms with Crippen LogP contribution in [0.2, 0.25) is 0 Å². The standard InChI is InChI=1S/C11H14N6O3/c1-8(5-16-4-3-12-7-16)15-10-9(17(18)19)11(20-2)14-6-13-10/h3-4,6-8H,5H2,1-2H3,(H,13,14,15). The van der Waals surface area contributed by atoms with Crippen LogP contribution in [-0.2, 0) is 6.54 Å². The molecule has 9 heteroatoms. The molecule has 106 valence electrons. The predicted octanol–water partition coefficient (Wildman–Crippen LogP) is 1.09. The normalized spacial score (nSPS) is 11.9. The van der Waals surface area contributed by atoms with Gasteiger partial charge in [-0.25, -0.2) is 9.97 Å². The van der Waals surface area contributed by atoms with Gasteiger partial charge in [0.1, 0.15) is 6.33 Å². The zero-order chi connectivity index (χ0) is 14.5. The number of hydrogen-bond donors (Lipinski definition) is 1. The van der Waals surface area contributed by atoms with E-state index < -0.39 is 4.92 Å². The first-order valence-corrected chi connectivity index (χ1v) is 5.87. The summed E-state index contributed by atoms with van der Waals surface area (Å²) in [5, 5.41) is 14.1. The van der Waals surface area contributed by atoms with E-state index >= 15 is 0 Å². The molecule has 0 aliphatic carbocycles. The summed E-state index contributed by atoms with van der Waals surface area (Å²) < 4.78 is 6.75. The zero-order valence-electron chi connectivity index (χ0n) is 11.1. The van der Waals surface area contributed by atoms with Gasteiger partial charge >= 0.3 is 5.69 Å². The lowest BCUT2D eigenvalue weighted by molar-refractivity contribution is -0.385. The fourth-order valence-corrected chi connectivity index (χ4v) is 1.77. The monoisotopic (exact) mass is 278 g/mol. The second kappa shape index (κ2) is 5.95. The number of nitrogens with one attached hydrogen (secondary N) is 1. The van der Waals surface area contributed by atoms with Crippen LogP contribution in [0.5, 0.6) is 5.88 Å². The van der Waals surface area contributed by atoms with Crippen molar-refractivity contribution in [3.63, 3.8) is 0 Å². The van der Waals surface area contributed by atoms with E-state index in [0.717, 1.165) is 0 Å². The average molecular weight is 278 g/mol. The van der Waals surface area contributed by atoms with Crippen LogP contribution in [0.25, 0.3) is 0 Å². The summed E-state index contributed by atoms with van der Waals surface area (Å²) >= 11 is 0. The third-order valence-electron chi connectivity index (χ3n) is 2.59. The first-order valence-electron chi connectivity index (χ1n) is 5.87. The molecular weight excluding hydrogens is 264 g/mol. The topological polar surface area (TPSA) is 108 Å². The van der Waals surface area contributed by atoms with Crippen molar-refractivity contribution in [1.29, 1.82) is 0 Å². The smallest absolute Gasteiger partial charge is 0.372 e. The zero-order valence-corrected chi connectivity index (χ0v) is 11.1. The van der Waals surface area contributed by atoms with Crippen molar-refractivity contribution in [2.75, 3.05) is 12.4 Å². The minimum absolute atomic E-state index is 0.0673. The number of nitro groups is 1. The van der Waals surface area contributed by atoms with Gasteiger partial charge in [0.15, 0.2) is 0 Å². The molecule has 0 aromatic carbocycles. The van der Waals surface area contributed by atoms with Crippen molar-refractivity contribution >= 4 is 11.5 Å². The predicted molar refractivity (Wildman–Crippen MR) is 70.6 cm³/mol. The number of ether oxygens (including phenoxy) is 1. The summed E-state index contributed by atoms with van der Waals surface area (Å²) in [7, 11) is 1.33. The molecule has 0 aliphatic heterocycles. The third kappa shape index (κ3) is 2.99. The molecule has 0 radical (unpaired) electrons. The second-order valence-electron chi connectivity index (χ2n) is 4.14. The molecule has 9 nitrogen and oxygen atoms in total. The van der Waals surface area contributed by atoms with Gasteiger partial charge in [0.25, 0.3) is 5.88 Å². The number of nitrogens with zero attached hydrogens (tertiary/aromatic N) is 5. The minimum atomic E-state index is -0.564. The van der Waals surface area contributed by atoms with Gasteiger partial charge in [-0.2, -0.15) is 4.98 Å². The number of rotatable bonds is 6. The summed E-state index contributed by atoms with van der Waals surface area (Å²) in [6.45, 7) is 2.49. The van der Waals surface area contributed by atoms with Crippen LogP contribution < -0.4 is 10.1 Å². The molecule has 2 heterocycles. The highest BCUT2D eigenvalue weighted by Gasteiger charge is 2.24. The second-order valence-corrected chi connectivity index (χ2v) is 4.14. The van der Waals surface area contributed by atoms with Gasteiger partial charge in [0.05, 0.1) is 18.4 Å². The average Bonchev–Trinajstić information content (AvgIpc) is 2.90. The van der Waals surface area contributed by atoms with Crippen molar-refractivity contribution in [2.24, 2.45) is 0 Å². The summed E-state index contributed by atoms with van der Waals surface area (Å²) in [5.41, 5.74) is -0.271. The van der Waals surface area contributed by atoms with Gasteiger partial charge in [0.2, 0.25) is 5.82 Å². The van der Waals surface area contributed by atoms with Crippen LogP contribution in [0.4, 0.5) is 11.5 Å². The molecule has 1 N–H and O–H groups in total. The van der Waals surface area contributed by atoms with E-state index in [2.05, 4.69) is 20.3 Å². The maximum absolute atomic E-state index is 11.1. The molecule has 1 atom stereocenters. The summed E-state index contributed by atoms with van der Waals surface area (Å²) in [6, 6.07) is -0.0810. The van der Waals surface area contributed by atoms with Crippen LogP contribution in [0, 0.1) is 10.1 Å². The first kappa shape index (κ1) is 13.7. The van der Waals surface area contributed by atoms with Crippen molar-refractivity contribution in [3.8, 4) is 5.88 Å². The molecule has 2 aromatic rings. The SMILES string of the molecule is COc1ncnc(NC(C)Cn2ccnc2)c1[N+](=O)[O-]. The van der Waals surface area contributed by atoms with Crippen LogP contribution in [0.1, 0.15) is 6.92 Å². The molecule has 0 spiro atoms. The van der Waals surface area contributed by atoms with Crippen LogP contribution in [0.3, 0.4) is 0 Å². The number of aromatic nitrogens is 4. The number of hydrogen-bond acceptors (Lipinski definition) is 7. The highest BCUT2D eigenvalue weighted by molar-refractivity contribution is 5.61. The highest BCUT2D eigenvalue weighted by Crippen LogP contribution is 2.30. The van der Waals surface area contributed by atoms with Gasteiger partial charge in [-0.15, -0.1) is 0 Å². The number of imidazole rings is 1. The largest absolute Gasteiger partial charge is 0.476 e. The van der Waals surface area contributed by atoms with E-state index in [1.165, 1.54) is 13.4 Å². The fraction of sp³-hybridized carbons (Fsp3) is 0.364. The van der Waals surface area contributed by atoms with Crippen LogP contribution in [0.15, 0.2) is 25.0 Å². The Morgan fingerprint density at radius 1 is 1.55 bits per heavy atom. The Morgan fingerprint density at radius 2 is 2.35 bits per heavy atom. The van der Waals surface area contributed by atoms with Crippen molar-refractivity contribution in [2.45, 2.75) is 19.5 Å². The summed E-state index contributed by atoms with van der Waals surface area (Å²) in [4.78, 5) is 22.1. The molecule has 0 amide bonds. The number of methoxy groups -OCH3 is 1. The van der Waals surface area contributed by atoms with Crippen molar-refractivity contribution in [3.05, 3.63) is 35.2 Å². The lowest BCUT2D eigenvalue weighted by atomic mass is 10.3. The Hall–Kier alpha value is -2.71. The molecule has 0 saturated carbocycles. The Balaban J connectivity index is 2.18. The maximum Gasteiger partial charge on any atom is 0.372 e. The van der Waals surface area contributed by atoms with Gasteiger partial charge in [0, 0.05) is 25.0 Å². The quantitative estimate of drug-likeness (QED) is 0.622. The Kier molecular flexibility index (Phi) is 4.08. The highest BCUT2D eigenvalue weighted by atomic mass is 16.6.